The first kappa shape index (κ1) is 21.1. The lowest BCUT2D eigenvalue weighted by atomic mass is 9.87. The highest BCUT2D eigenvalue weighted by atomic mass is 32.2. The molecule has 0 radical (unpaired) electrons. The molecule has 6 heteroatoms. The van der Waals surface area contributed by atoms with Crippen LogP contribution in [0.5, 0.6) is 0 Å². The Bertz CT molecular complexity index is 1250. The molecule has 29 heavy (non-hydrogen) atoms. The van der Waals surface area contributed by atoms with Crippen LogP contribution in [0.25, 0.3) is 10.9 Å². The van der Waals surface area contributed by atoms with Gasteiger partial charge < -0.3 is 4.57 Å². The van der Waals surface area contributed by atoms with E-state index in [1.807, 2.05) is 51.1 Å². The first-order chi connectivity index (χ1) is 13.6. The third-order valence-electron chi connectivity index (χ3n) is 5.89. The van der Waals surface area contributed by atoms with Crippen molar-refractivity contribution in [3.63, 3.8) is 0 Å². The monoisotopic (exact) mass is 409 g/mol. The molecule has 1 aromatic heterocycles. The molecule has 1 heterocycles. The molecule has 0 aliphatic carbocycles. The van der Waals surface area contributed by atoms with E-state index in [2.05, 4.69) is 17.6 Å². The molecule has 0 fully saturated rings. The predicted octanol–water partition coefficient (Wildman–Crippen LogP) is 4.59. The second-order valence-corrected chi connectivity index (χ2v) is 9.23. The van der Waals surface area contributed by atoms with Gasteiger partial charge in [-0.25, -0.2) is 13.6 Å². The summed E-state index contributed by atoms with van der Waals surface area (Å²) in [7, 11) is -3.81. The number of nitrogens with two attached hydrogens (primary N) is 1. The molecule has 3 rings (SSSR count). The van der Waals surface area contributed by atoms with E-state index in [4.69, 9.17) is 5.14 Å². The summed E-state index contributed by atoms with van der Waals surface area (Å²) in [5, 5.41) is 16.1. The Morgan fingerprint density at radius 3 is 2.38 bits per heavy atom. The minimum Gasteiger partial charge on any atom is -0.343 e. The third kappa shape index (κ3) is 3.57. The van der Waals surface area contributed by atoms with Gasteiger partial charge in [-0.15, -0.1) is 0 Å². The van der Waals surface area contributed by atoms with Crippen LogP contribution < -0.4 is 5.14 Å². The maximum absolute atomic E-state index is 12.2. The highest BCUT2D eigenvalue weighted by Crippen LogP contribution is 2.35. The van der Waals surface area contributed by atoms with Gasteiger partial charge in [0, 0.05) is 29.1 Å². The maximum atomic E-state index is 12.2. The third-order valence-corrected chi connectivity index (χ3v) is 7.09. The summed E-state index contributed by atoms with van der Waals surface area (Å²) in [5.41, 5.74) is 6.14. The van der Waals surface area contributed by atoms with Crippen molar-refractivity contribution in [3.8, 4) is 6.07 Å². The zero-order valence-electron chi connectivity index (χ0n) is 17.6. The summed E-state index contributed by atoms with van der Waals surface area (Å²) in [5.74, 6) is 0.0946. The van der Waals surface area contributed by atoms with Gasteiger partial charge in [0.15, 0.2) is 0 Å². The first-order valence-electron chi connectivity index (χ1n) is 9.73. The quantitative estimate of drug-likeness (QED) is 0.668. The molecular weight excluding hydrogens is 382 g/mol. The van der Waals surface area contributed by atoms with Crippen LogP contribution in [0, 0.1) is 39.0 Å². The van der Waals surface area contributed by atoms with Crippen molar-refractivity contribution in [2.45, 2.75) is 58.4 Å². The smallest absolute Gasteiger partial charge is 0.238 e. The fourth-order valence-corrected chi connectivity index (χ4v) is 5.74. The van der Waals surface area contributed by atoms with Gasteiger partial charge in [-0.3, -0.25) is 0 Å². The Morgan fingerprint density at radius 1 is 1.14 bits per heavy atom. The molecule has 0 amide bonds. The number of nitrogens with zero attached hydrogens (tertiary/aromatic N) is 2. The number of para-hydroxylation sites is 1. The lowest BCUT2D eigenvalue weighted by molar-refractivity contribution is 0.542. The molecule has 0 saturated carbocycles. The van der Waals surface area contributed by atoms with Crippen molar-refractivity contribution in [1.82, 2.24) is 4.57 Å². The second-order valence-electron chi connectivity index (χ2n) is 7.73. The number of hydrogen-bond acceptors (Lipinski definition) is 3. The number of aromatic nitrogens is 1. The highest BCUT2D eigenvalue weighted by molar-refractivity contribution is 7.89. The molecule has 3 aromatic rings. The molecule has 0 spiro atoms. The second kappa shape index (κ2) is 7.66. The van der Waals surface area contributed by atoms with Crippen LogP contribution in [0.1, 0.15) is 52.8 Å². The van der Waals surface area contributed by atoms with Crippen LogP contribution >= 0.6 is 0 Å². The molecule has 0 aliphatic heterocycles. The minimum absolute atomic E-state index is 0.0946. The summed E-state index contributed by atoms with van der Waals surface area (Å²) in [4.78, 5) is 0.225. The summed E-state index contributed by atoms with van der Waals surface area (Å²) >= 11 is 0. The van der Waals surface area contributed by atoms with Gasteiger partial charge in [0.1, 0.15) is 6.07 Å². The molecule has 0 saturated heterocycles. The molecule has 1 atom stereocenters. The van der Waals surface area contributed by atoms with E-state index < -0.39 is 10.0 Å². The Hall–Kier alpha value is -2.62. The van der Waals surface area contributed by atoms with Crippen LogP contribution in [-0.4, -0.2) is 13.0 Å². The zero-order chi connectivity index (χ0) is 21.5. The average molecular weight is 410 g/mol. The van der Waals surface area contributed by atoms with E-state index in [0.29, 0.717) is 17.7 Å². The Kier molecular flexibility index (Phi) is 5.57. The molecule has 2 N–H and O–H groups in total. The van der Waals surface area contributed by atoms with Gasteiger partial charge >= 0.3 is 0 Å². The molecule has 5 nitrogen and oxygen atoms in total. The van der Waals surface area contributed by atoms with E-state index in [-0.39, 0.29) is 10.8 Å². The number of benzene rings is 2. The number of rotatable bonds is 5. The number of hydrogen-bond donors (Lipinski definition) is 1. The van der Waals surface area contributed by atoms with Crippen molar-refractivity contribution in [1.29, 1.82) is 5.26 Å². The van der Waals surface area contributed by atoms with Crippen molar-refractivity contribution in [2.75, 3.05) is 0 Å². The lowest BCUT2D eigenvalue weighted by Gasteiger charge is -2.25. The van der Waals surface area contributed by atoms with Gasteiger partial charge in [-0.2, -0.15) is 5.26 Å². The van der Waals surface area contributed by atoms with E-state index >= 15 is 0 Å². The maximum Gasteiger partial charge on any atom is 0.238 e. The van der Waals surface area contributed by atoms with E-state index in [0.717, 1.165) is 39.7 Å². The van der Waals surface area contributed by atoms with Crippen LogP contribution in [0.4, 0.5) is 0 Å². The average Bonchev–Trinajstić information content (AvgIpc) is 2.90. The van der Waals surface area contributed by atoms with Crippen LogP contribution in [0.2, 0.25) is 0 Å². The van der Waals surface area contributed by atoms with E-state index in [1.54, 1.807) is 6.92 Å². The van der Waals surface area contributed by atoms with Gasteiger partial charge in [0.2, 0.25) is 10.0 Å². The normalized spacial score (nSPS) is 12.9. The standard InChI is InChI=1S/C23H27N3O2S/c1-6-18(22-14(2)11-15(3)23(16(22)4)29(25,27)28)13-26-17(5)20(12-24)19-9-7-8-10-21(19)26/h7-11,18H,6,13H2,1-5H3,(H2,25,27,28)/t18-/m1/s1. The molecule has 0 aliphatic rings. The topological polar surface area (TPSA) is 88.9 Å². The molecule has 0 unspecified atom stereocenters. The van der Waals surface area contributed by atoms with E-state index in [9.17, 15) is 13.7 Å². The van der Waals surface area contributed by atoms with Crippen molar-refractivity contribution in [2.24, 2.45) is 5.14 Å². The Morgan fingerprint density at radius 2 is 1.79 bits per heavy atom. The molecule has 0 bridgehead atoms. The molecular formula is C23H27N3O2S. The van der Waals surface area contributed by atoms with Crippen molar-refractivity contribution < 1.29 is 8.42 Å². The molecule has 2 aromatic carbocycles. The SMILES string of the molecule is CC[C@H](Cn1c(C)c(C#N)c2ccccc21)c1c(C)cc(C)c(S(N)(=O)=O)c1C. The van der Waals surface area contributed by atoms with Gasteiger partial charge in [-0.05, 0) is 62.4 Å². The zero-order valence-corrected chi connectivity index (χ0v) is 18.4. The number of aryl methyl sites for hydroxylation is 2. The first-order valence-corrected chi connectivity index (χ1v) is 11.3. The fourth-order valence-electron chi connectivity index (χ4n) is 4.70. The van der Waals surface area contributed by atoms with Gasteiger partial charge in [0.25, 0.3) is 0 Å². The number of fused-ring (bicyclic) bond motifs is 1. The van der Waals surface area contributed by atoms with E-state index in [1.165, 1.54) is 0 Å². The van der Waals surface area contributed by atoms with Crippen LogP contribution in [0.3, 0.4) is 0 Å². The minimum atomic E-state index is -3.81. The van der Waals surface area contributed by atoms with Gasteiger partial charge in [-0.1, -0.05) is 31.2 Å². The predicted molar refractivity (Wildman–Crippen MR) is 116 cm³/mol. The summed E-state index contributed by atoms with van der Waals surface area (Å²) in [6.07, 6.45) is 0.836. The number of sulfonamides is 1. The summed E-state index contributed by atoms with van der Waals surface area (Å²) < 4.78 is 26.6. The largest absolute Gasteiger partial charge is 0.343 e. The Balaban J connectivity index is 2.21. The lowest BCUT2D eigenvalue weighted by Crippen LogP contribution is -2.19. The fraction of sp³-hybridized carbons (Fsp3) is 0.348. The Labute approximate surface area is 172 Å². The number of nitriles is 1. The van der Waals surface area contributed by atoms with Gasteiger partial charge in [0.05, 0.1) is 10.5 Å². The van der Waals surface area contributed by atoms with Crippen LogP contribution in [-0.2, 0) is 16.6 Å². The van der Waals surface area contributed by atoms with Crippen LogP contribution in [0.15, 0.2) is 35.2 Å². The van der Waals surface area contributed by atoms with Crippen molar-refractivity contribution in [3.05, 3.63) is 63.8 Å². The summed E-state index contributed by atoms with van der Waals surface area (Å²) in [6.45, 7) is 10.4. The number of primary sulfonamides is 1. The summed E-state index contributed by atoms with van der Waals surface area (Å²) in [6, 6.07) is 12.2. The highest BCUT2D eigenvalue weighted by Gasteiger charge is 2.25. The molecule has 152 valence electrons. The van der Waals surface area contributed by atoms with Crippen molar-refractivity contribution >= 4 is 20.9 Å².